The fourth-order valence-corrected chi connectivity index (χ4v) is 1.91. The van der Waals surface area contributed by atoms with Gasteiger partial charge < -0.3 is 5.11 Å². The Kier molecular flexibility index (Phi) is 3.69. The fourth-order valence-electron chi connectivity index (χ4n) is 1.91. The number of hydrogen-bond acceptors (Lipinski definition) is 4. The maximum absolute atomic E-state index is 10.2. The third kappa shape index (κ3) is 3.12. The van der Waals surface area contributed by atoms with Gasteiger partial charge in [-0.2, -0.15) is 0 Å². The van der Waals surface area contributed by atoms with Crippen molar-refractivity contribution in [2.75, 3.05) is 0 Å². The molecule has 1 N–H and O–H groups in total. The summed E-state index contributed by atoms with van der Waals surface area (Å²) in [5.41, 5.74) is 2.66. The molecule has 4 nitrogen and oxygen atoms in total. The van der Waals surface area contributed by atoms with E-state index >= 15 is 0 Å². The van der Waals surface area contributed by atoms with E-state index in [1.807, 2.05) is 48.5 Å². The molecule has 21 heavy (non-hydrogen) atoms. The Hall–Kier alpha value is -3.01. The van der Waals surface area contributed by atoms with Gasteiger partial charge in [-0.3, -0.25) is 9.97 Å². The van der Waals surface area contributed by atoms with E-state index in [1.165, 1.54) is 0 Å². The highest BCUT2D eigenvalue weighted by atomic mass is 16.3. The topological polar surface area (TPSA) is 58.9 Å². The van der Waals surface area contributed by atoms with E-state index in [0.717, 1.165) is 5.69 Å². The van der Waals surface area contributed by atoms with Gasteiger partial charge in [-0.05, 0) is 36.4 Å². The molecule has 3 rings (SSSR count). The first-order chi connectivity index (χ1) is 10.3. The second kappa shape index (κ2) is 5.96. The van der Waals surface area contributed by atoms with Gasteiger partial charge in [-0.1, -0.05) is 18.2 Å². The predicted molar refractivity (Wildman–Crippen MR) is 82.2 cm³/mol. The molecule has 3 heterocycles. The molecule has 0 radical (unpaired) electrons. The minimum Gasteiger partial charge on any atom is -0.506 e. The van der Waals surface area contributed by atoms with Gasteiger partial charge in [0.1, 0.15) is 11.5 Å². The molecule has 0 aliphatic heterocycles. The van der Waals surface area contributed by atoms with Crippen LogP contribution >= 0.6 is 0 Å². The first-order valence-corrected chi connectivity index (χ1v) is 6.53. The standard InChI is InChI=1S/C17H13N3O/c21-17(12-13-6-1-3-10-18-13)16-9-5-8-15(20-16)14-7-2-4-11-19-14/h1-12,21H/b17-12-. The Balaban J connectivity index is 1.95. The molecular weight excluding hydrogens is 262 g/mol. The van der Waals surface area contributed by atoms with E-state index in [0.29, 0.717) is 17.1 Å². The molecule has 0 aliphatic rings. The molecule has 0 saturated heterocycles. The van der Waals surface area contributed by atoms with Crippen molar-refractivity contribution in [2.45, 2.75) is 0 Å². The van der Waals surface area contributed by atoms with Crippen molar-refractivity contribution in [1.29, 1.82) is 0 Å². The maximum Gasteiger partial charge on any atom is 0.143 e. The summed E-state index contributed by atoms with van der Waals surface area (Å²) in [7, 11) is 0. The van der Waals surface area contributed by atoms with E-state index < -0.39 is 0 Å². The molecule has 102 valence electrons. The molecule has 3 aromatic rings. The largest absolute Gasteiger partial charge is 0.506 e. The smallest absolute Gasteiger partial charge is 0.143 e. The zero-order valence-corrected chi connectivity index (χ0v) is 11.2. The molecule has 0 aromatic carbocycles. The quantitative estimate of drug-likeness (QED) is 0.742. The van der Waals surface area contributed by atoms with Crippen LogP contribution in [0.4, 0.5) is 0 Å². The van der Waals surface area contributed by atoms with Crippen LogP contribution in [0.1, 0.15) is 11.4 Å². The minimum atomic E-state index is 0.0754. The molecule has 4 heteroatoms. The number of nitrogens with zero attached hydrogens (tertiary/aromatic N) is 3. The van der Waals surface area contributed by atoms with Crippen LogP contribution in [0.3, 0.4) is 0 Å². The Bertz CT molecular complexity index is 755. The lowest BCUT2D eigenvalue weighted by Crippen LogP contribution is -1.93. The van der Waals surface area contributed by atoms with Gasteiger partial charge in [-0.25, -0.2) is 4.98 Å². The van der Waals surface area contributed by atoms with E-state index in [1.54, 1.807) is 24.5 Å². The normalized spacial score (nSPS) is 11.3. The first-order valence-electron chi connectivity index (χ1n) is 6.53. The average molecular weight is 275 g/mol. The Morgan fingerprint density at radius 2 is 1.57 bits per heavy atom. The predicted octanol–water partition coefficient (Wildman–Crippen LogP) is 3.59. The number of aliphatic hydroxyl groups is 1. The molecule has 0 bridgehead atoms. The van der Waals surface area contributed by atoms with E-state index in [9.17, 15) is 5.11 Å². The van der Waals surface area contributed by atoms with Gasteiger partial charge in [0, 0.05) is 18.5 Å². The van der Waals surface area contributed by atoms with Crippen molar-refractivity contribution < 1.29 is 5.11 Å². The highest BCUT2D eigenvalue weighted by Gasteiger charge is 2.05. The van der Waals surface area contributed by atoms with Gasteiger partial charge in [0.2, 0.25) is 0 Å². The van der Waals surface area contributed by atoms with Crippen LogP contribution in [0.2, 0.25) is 0 Å². The third-order valence-electron chi connectivity index (χ3n) is 2.91. The first kappa shape index (κ1) is 13.0. The average Bonchev–Trinajstić information content (AvgIpc) is 2.57. The van der Waals surface area contributed by atoms with E-state index in [-0.39, 0.29) is 5.76 Å². The van der Waals surface area contributed by atoms with Crippen LogP contribution < -0.4 is 0 Å². The van der Waals surface area contributed by atoms with Crippen LogP contribution in [0.15, 0.2) is 67.0 Å². The summed E-state index contributed by atoms with van der Waals surface area (Å²) < 4.78 is 0. The van der Waals surface area contributed by atoms with E-state index in [4.69, 9.17) is 0 Å². The molecule has 0 aliphatic carbocycles. The fraction of sp³-hybridized carbons (Fsp3) is 0. The second-order valence-corrected chi connectivity index (χ2v) is 4.41. The van der Waals surface area contributed by atoms with Crippen molar-refractivity contribution >= 4 is 11.8 Å². The van der Waals surface area contributed by atoms with Crippen molar-refractivity contribution in [3.8, 4) is 11.4 Å². The summed E-state index contributed by atoms with van der Waals surface area (Å²) in [4.78, 5) is 12.8. The molecule has 3 aromatic heterocycles. The summed E-state index contributed by atoms with van der Waals surface area (Å²) >= 11 is 0. The number of aromatic nitrogens is 3. The zero-order valence-electron chi connectivity index (χ0n) is 11.2. The van der Waals surface area contributed by atoms with Gasteiger partial charge in [-0.15, -0.1) is 0 Å². The Labute approximate surface area is 122 Å². The SMILES string of the molecule is O/C(=C\c1ccccn1)c1cccc(-c2ccccn2)n1. The highest BCUT2D eigenvalue weighted by Crippen LogP contribution is 2.18. The molecular formula is C17H13N3O. The second-order valence-electron chi connectivity index (χ2n) is 4.41. The molecule has 0 spiro atoms. The summed E-state index contributed by atoms with van der Waals surface area (Å²) in [6, 6.07) is 16.6. The number of aliphatic hydroxyl groups excluding tert-OH is 1. The number of rotatable bonds is 3. The van der Waals surface area contributed by atoms with Crippen molar-refractivity contribution in [1.82, 2.24) is 15.0 Å². The lowest BCUT2D eigenvalue weighted by molar-refractivity contribution is 0.512. The minimum absolute atomic E-state index is 0.0754. The third-order valence-corrected chi connectivity index (χ3v) is 2.91. The van der Waals surface area contributed by atoms with Gasteiger partial charge in [0.05, 0.1) is 17.1 Å². The zero-order chi connectivity index (χ0) is 14.5. The molecule has 0 atom stereocenters. The van der Waals surface area contributed by atoms with Crippen LogP contribution in [0, 0.1) is 0 Å². The monoisotopic (exact) mass is 275 g/mol. The van der Waals surface area contributed by atoms with Crippen molar-refractivity contribution in [3.63, 3.8) is 0 Å². The van der Waals surface area contributed by atoms with Gasteiger partial charge >= 0.3 is 0 Å². The summed E-state index contributed by atoms with van der Waals surface area (Å²) in [6.07, 6.45) is 4.98. The van der Waals surface area contributed by atoms with Gasteiger partial charge in [0.25, 0.3) is 0 Å². The summed E-state index contributed by atoms with van der Waals surface area (Å²) in [5, 5.41) is 10.2. The highest BCUT2D eigenvalue weighted by molar-refractivity contribution is 5.74. The number of pyridine rings is 3. The molecule has 0 saturated carbocycles. The van der Waals surface area contributed by atoms with Crippen LogP contribution in [-0.4, -0.2) is 20.1 Å². The van der Waals surface area contributed by atoms with Crippen LogP contribution in [0.5, 0.6) is 0 Å². The van der Waals surface area contributed by atoms with Crippen LogP contribution in [-0.2, 0) is 0 Å². The Morgan fingerprint density at radius 3 is 2.29 bits per heavy atom. The lowest BCUT2D eigenvalue weighted by atomic mass is 10.2. The molecule has 0 amide bonds. The van der Waals surface area contributed by atoms with Crippen molar-refractivity contribution in [2.24, 2.45) is 0 Å². The molecule has 0 fully saturated rings. The lowest BCUT2D eigenvalue weighted by Gasteiger charge is -2.03. The van der Waals surface area contributed by atoms with Gasteiger partial charge in [0.15, 0.2) is 0 Å². The summed E-state index contributed by atoms with van der Waals surface area (Å²) in [5.74, 6) is 0.0754. The van der Waals surface area contributed by atoms with Crippen molar-refractivity contribution in [3.05, 3.63) is 78.4 Å². The Morgan fingerprint density at radius 1 is 0.810 bits per heavy atom. The van der Waals surface area contributed by atoms with Crippen LogP contribution in [0.25, 0.3) is 23.2 Å². The van der Waals surface area contributed by atoms with E-state index in [2.05, 4.69) is 15.0 Å². The molecule has 0 unspecified atom stereocenters. The maximum atomic E-state index is 10.2. The number of hydrogen-bond donors (Lipinski definition) is 1. The summed E-state index contributed by atoms with van der Waals surface area (Å²) in [6.45, 7) is 0.